The lowest BCUT2D eigenvalue weighted by Crippen LogP contribution is -3.00. The highest BCUT2D eigenvalue weighted by molar-refractivity contribution is 5.79. The number of hydrogen-bond acceptors (Lipinski definition) is 4. The normalized spacial score (nSPS) is 14.6. The van der Waals surface area contributed by atoms with Crippen molar-refractivity contribution in [2.45, 2.75) is 58.0 Å². The number of halogens is 1. The Hall–Kier alpha value is -2.67. The summed E-state index contributed by atoms with van der Waals surface area (Å²) in [7, 11) is 0. The molecule has 7 heteroatoms. The summed E-state index contributed by atoms with van der Waals surface area (Å²) in [5.74, 6) is 0.994. The molecule has 2 heterocycles. The van der Waals surface area contributed by atoms with Gasteiger partial charge in [-0.2, -0.15) is 0 Å². The van der Waals surface area contributed by atoms with Gasteiger partial charge in [0.2, 0.25) is 0 Å². The van der Waals surface area contributed by atoms with Gasteiger partial charge in [0.15, 0.2) is 0 Å². The Morgan fingerprint density at radius 1 is 1.21 bits per heavy atom. The summed E-state index contributed by atoms with van der Waals surface area (Å²) in [5, 5.41) is 10.3. The van der Waals surface area contributed by atoms with Crippen molar-refractivity contribution in [3.05, 3.63) is 78.1 Å². The Morgan fingerprint density at radius 3 is 2.67 bits per heavy atom. The van der Waals surface area contributed by atoms with E-state index in [-0.39, 0.29) is 40.5 Å². The minimum atomic E-state index is -0.380. The Balaban J connectivity index is 0.00000306. The van der Waals surface area contributed by atoms with Crippen LogP contribution >= 0.6 is 0 Å². The molecule has 0 radical (unpaired) electrons. The number of aryl methyl sites for hydroxylation is 1. The van der Waals surface area contributed by atoms with Crippen molar-refractivity contribution in [2.75, 3.05) is 6.61 Å². The zero-order valence-electron chi connectivity index (χ0n) is 19.1. The average molecular weight is 514 g/mol. The molecule has 1 saturated carbocycles. The van der Waals surface area contributed by atoms with E-state index in [0.717, 1.165) is 51.0 Å². The predicted octanol–water partition coefficient (Wildman–Crippen LogP) is 1.14. The molecule has 0 amide bonds. The van der Waals surface area contributed by atoms with E-state index < -0.39 is 0 Å². The van der Waals surface area contributed by atoms with Gasteiger partial charge in [-0.3, -0.25) is 9.78 Å². The number of phenolic OH excluding ortho intramolecular Hbond substituents is 1. The fourth-order valence-electron chi connectivity index (χ4n) is 4.74. The van der Waals surface area contributed by atoms with Crippen molar-refractivity contribution in [3.8, 4) is 5.75 Å². The number of hydrogen-bond donors (Lipinski definition) is 1. The summed E-state index contributed by atoms with van der Waals surface area (Å²) >= 11 is 0. The Bertz CT molecular complexity index is 1030. The topological polar surface area (TPSA) is 68.2 Å². The monoisotopic (exact) mass is 513 g/mol. The highest BCUT2D eigenvalue weighted by Gasteiger charge is 2.34. The smallest absolute Gasteiger partial charge is 0.313 e. The van der Waals surface area contributed by atoms with E-state index in [1.165, 1.54) is 5.56 Å². The third-order valence-electron chi connectivity index (χ3n) is 6.54. The van der Waals surface area contributed by atoms with E-state index >= 15 is 0 Å². The van der Waals surface area contributed by atoms with Crippen LogP contribution in [-0.4, -0.2) is 27.2 Å². The molecule has 1 aliphatic rings. The third-order valence-corrected chi connectivity index (χ3v) is 6.54. The summed E-state index contributed by atoms with van der Waals surface area (Å²) in [6, 6.07) is 11.2. The number of nitrogens with zero attached hydrogens (tertiary/aromatic N) is 3. The predicted molar refractivity (Wildman–Crippen MR) is 121 cm³/mol. The molecule has 4 rings (SSSR count). The Labute approximate surface area is 206 Å². The van der Waals surface area contributed by atoms with Crippen molar-refractivity contribution < 1.29 is 36.2 Å². The summed E-state index contributed by atoms with van der Waals surface area (Å²) < 4.78 is 10.1. The molecule has 0 saturated heterocycles. The molecule has 176 valence electrons. The van der Waals surface area contributed by atoms with Crippen LogP contribution in [0.3, 0.4) is 0 Å². The number of benzene rings is 1. The van der Waals surface area contributed by atoms with Crippen LogP contribution in [0.1, 0.15) is 55.0 Å². The molecule has 33 heavy (non-hydrogen) atoms. The Morgan fingerprint density at radius 2 is 1.94 bits per heavy atom. The molecule has 1 N–H and O–H groups in total. The van der Waals surface area contributed by atoms with Gasteiger partial charge < -0.3 is 26.8 Å². The number of phenols is 1. The molecule has 6 nitrogen and oxygen atoms in total. The molecule has 1 unspecified atom stereocenters. The lowest BCUT2D eigenvalue weighted by molar-refractivity contribution is -0.694. The number of carbonyl (C=O) groups excluding carboxylic acids is 1. The number of aromatic nitrogens is 3. The zero-order valence-corrected chi connectivity index (χ0v) is 20.7. The SMILES string of the molecule is Cc1n(CCCOC(=O)C(c2ccccc2O)C2CCCC2)cc[n+]1Cc1ccncc1.[Br-]. The van der Waals surface area contributed by atoms with Crippen LogP contribution in [0.25, 0.3) is 0 Å². The number of imidazole rings is 1. The van der Waals surface area contributed by atoms with E-state index in [2.05, 4.69) is 33.4 Å². The van der Waals surface area contributed by atoms with Gasteiger partial charge in [-0.1, -0.05) is 31.0 Å². The summed E-state index contributed by atoms with van der Waals surface area (Å²) in [6.45, 7) is 4.06. The van der Waals surface area contributed by atoms with Crippen LogP contribution in [-0.2, 0) is 22.6 Å². The molecule has 1 aliphatic carbocycles. The first kappa shape index (κ1) is 25.0. The van der Waals surface area contributed by atoms with Crippen molar-refractivity contribution in [2.24, 2.45) is 5.92 Å². The first-order valence-electron chi connectivity index (χ1n) is 11.5. The highest BCUT2D eigenvalue weighted by atomic mass is 79.9. The minimum absolute atomic E-state index is 0. The molecule has 1 atom stereocenters. The lowest BCUT2D eigenvalue weighted by Gasteiger charge is -2.23. The fraction of sp³-hybridized carbons (Fsp3) is 0.423. The largest absolute Gasteiger partial charge is 1.00 e. The first-order valence-corrected chi connectivity index (χ1v) is 11.5. The third kappa shape index (κ3) is 6.22. The molecule has 0 aliphatic heterocycles. The van der Waals surface area contributed by atoms with E-state index in [1.54, 1.807) is 12.1 Å². The van der Waals surface area contributed by atoms with Crippen molar-refractivity contribution in [1.29, 1.82) is 0 Å². The quantitative estimate of drug-likeness (QED) is 0.264. The van der Waals surface area contributed by atoms with Gasteiger partial charge in [0.25, 0.3) is 5.82 Å². The number of ether oxygens (including phenoxy) is 1. The number of rotatable bonds is 9. The van der Waals surface area contributed by atoms with Crippen LogP contribution < -0.4 is 21.5 Å². The van der Waals surface area contributed by atoms with Gasteiger partial charge in [-0.05, 0) is 42.5 Å². The first-order chi connectivity index (χ1) is 15.6. The highest BCUT2D eigenvalue weighted by Crippen LogP contribution is 2.40. The van der Waals surface area contributed by atoms with E-state index in [1.807, 2.05) is 36.7 Å². The number of carbonyl (C=O) groups is 1. The van der Waals surface area contributed by atoms with Crippen molar-refractivity contribution in [1.82, 2.24) is 9.55 Å². The molecular formula is C26H32BrN3O3. The van der Waals surface area contributed by atoms with E-state index in [9.17, 15) is 9.90 Å². The van der Waals surface area contributed by atoms with Gasteiger partial charge in [0.05, 0.1) is 19.1 Å². The average Bonchev–Trinajstić information content (AvgIpc) is 3.45. The fourth-order valence-corrected chi connectivity index (χ4v) is 4.74. The molecule has 2 aromatic heterocycles. The molecule has 0 spiro atoms. The van der Waals surface area contributed by atoms with Crippen LogP contribution in [0.4, 0.5) is 0 Å². The minimum Gasteiger partial charge on any atom is -1.00 e. The summed E-state index contributed by atoms with van der Waals surface area (Å²) in [6.07, 6.45) is 12.8. The maximum absolute atomic E-state index is 13.0. The number of aromatic hydroxyl groups is 1. The molecule has 1 aromatic carbocycles. The number of pyridine rings is 1. The van der Waals surface area contributed by atoms with Gasteiger partial charge in [-0.15, -0.1) is 0 Å². The molecule has 1 fully saturated rings. The second-order valence-corrected chi connectivity index (χ2v) is 8.62. The lowest BCUT2D eigenvalue weighted by atomic mass is 9.84. The molecule has 3 aromatic rings. The second-order valence-electron chi connectivity index (χ2n) is 8.62. The maximum Gasteiger partial charge on any atom is 0.313 e. The van der Waals surface area contributed by atoms with Gasteiger partial charge in [0.1, 0.15) is 24.7 Å². The van der Waals surface area contributed by atoms with Crippen LogP contribution in [0, 0.1) is 12.8 Å². The van der Waals surface area contributed by atoms with Gasteiger partial charge in [-0.25, -0.2) is 9.13 Å². The van der Waals surface area contributed by atoms with Gasteiger partial charge >= 0.3 is 5.97 Å². The summed E-state index contributed by atoms with van der Waals surface area (Å²) in [5.41, 5.74) is 1.91. The van der Waals surface area contributed by atoms with Crippen molar-refractivity contribution >= 4 is 5.97 Å². The van der Waals surface area contributed by atoms with Crippen LogP contribution in [0.15, 0.2) is 61.2 Å². The second kappa shape index (κ2) is 12.0. The number of esters is 1. The van der Waals surface area contributed by atoms with Crippen LogP contribution in [0.2, 0.25) is 0 Å². The van der Waals surface area contributed by atoms with Crippen molar-refractivity contribution in [3.63, 3.8) is 0 Å². The number of para-hydroxylation sites is 1. The Kier molecular flexibility index (Phi) is 9.06. The molecule has 0 bridgehead atoms. The molecular weight excluding hydrogens is 482 g/mol. The maximum atomic E-state index is 13.0. The zero-order chi connectivity index (χ0) is 22.3. The standard InChI is InChI=1S/C26H31N3O3.BrH/c1-20-28(16-17-29(20)19-21-11-13-27-14-12-21)15-6-18-32-26(31)25(22-7-2-3-8-22)23-9-4-5-10-24(23)30;/h4-5,9-14,16-17,22,25H,2-3,6-8,15,18-19H2,1H3;1H. The van der Waals surface area contributed by atoms with Gasteiger partial charge in [0, 0.05) is 31.3 Å². The summed E-state index contributed by atoms with van der Waals surface area (Å²) in [4.78, 5) is 17.1. The van der Waals surface area contributed by atoms with E-state index in [4.69, 9.17) is 4.74 Å². The van der Waals surface area contributed by atoms with E-state index in [0.29, 0.717) is 12.2 Å². The van der Waals surface area contributed by atoms with Crippen LogP contribution in [0.5, 0.6) is 5.75 Å².